The van der Waals surface area contributed by atoms with Crippen LogP contribution in [0, 0.1) is 5.92 Å². The van der Waals surface area contributed by atoms with Crippen LogP contribution < -0.4 is 5.56 Å². The molecule has 0 unspecified atom stereocenters. The third-order valence-electron chi connectivity index (χ3n) is 2.88. The Hall–Kier alpha value is -1.84. The van der Waals surface area contributed by atoms with Crippen molar-refractivity contribution >= 4 is 17.2 Å². The molecule has 90 valence electrons. The molecule has 0 aliphatic rings. The summed E-state index contributed by atoms with van der Waals surface area (Å²) in [6.07, 6.45) is 0.793. The van der Waals surface area contributed by atoms with Crippen molar-refractivity contribution < 1.29 is 4.79 Å². The second-order valence-electron chi connectivity index (χ2n) is 4.67. The highest BCUT2D eigenvalue weighted by molar-refractivity contribution is 5.95. The van der Waals surface area contributed by atoms with Crippen LogP contribution in [-0.2, 0) is 13.6 Å². The summed E-state index contributed by atoms with van der Waals surface area (Å²) in [4.78, 5) is 23.2. The van der Waals surface area contributed by atoms with Crippen LogP contribution in [0.3, 0.4) is 0 Å². The van der Waals surface area contributed by atoms with E-state index in [1.54, 1.807) is 27.6 Å². The lowest BCUT2D eigenvalue weighted by Gasteiger charge is -2.10. The van der Waals surface area contributed by atoms with Gasteiger partial charge in [0.2, 0.25) is 0 Å². The maximum atomic E-state index is 12.2. The predicted molar refractivity (Wildman–Crippen MR) is 67.4 cm³/mol. The first-order chi connectivity index (χ1) is 8.06. The zero-order valence-electron chi connectivity index (χ0n) is 10.3. The standard InChI is InChI=1S/C13H16N2O2/c1-9(2)7-15-13(17)11-6-4-5-10(8-16)12(11)14(15)3/h4-6,8-9H,7H2,1-3H3. The highest BCUT2D eigenvalue weighted by atomic mass is 16.1. The normalized spacial score (nSPS) is 11.3. The predicted octanol–water partition coefficient (Wildman–Crippen LogP) is 1.81. The van der Waals surface area contributed by atoms with Crippen molar-refractivity contribution in [3.63, 3.8) is 0 Å². The van der Waals surface area contributed by atoms with Crippen molar-refractivity contribution in [2.24, 2.45) is 13.0 Å². The number of hydrogen-bond donors (Lipinski definition) is 0. The second kappa shape index (κ2) is 4.20. The zero-order valence-corrected chi connectivity index (χ0v) is 10.3. The van der Waals surface area contributed by atoms with Gasteiger partial charge in [0.05, 0.1) is 10.9 Å². The van der Waals surface area contributed by atoms with Crippen LogP contribution in [-0.4, -0.2) is 15.6 Å². The molecule has 0 radical (unpaired) electrons. The van der Waals surface area contributed by atoms with Crippen LogP contribution in [0.4, 0.5) is 0 Å². The van der Waals surface area contributed by atoms with E-state index in [4.69, 9.17) is 0 Å². The summed E-state index contributed by atoms with van der Waals surface area (Å²) in [6.45, 7) is 4.78. The van der Waals surface area contributed by atoms with Gasteiger partial charge in [-0.25, -0.2) is 4.68 Å². The third kappa shape index (κ3) is 1.79. The zero-order chi connectivity index (χ0) is 12.6. The molecule has 0 fully saturated rings. The molecule has 0 amide bonds. The van der Waals surface area contributed by atoms with Crippen LogP contribution in [0.25, 0.3) is 10.9 Å². The molecule has 0 N–H and O–H groups in total. The maximum absolute atomic E-state index is 12.2. The first-order valence-corrected chi connectivity index (χ1v) is 5.70. The maximum Gasteiger partial charge on any atom is 0.274 e. The number of rotatable bonds is 3. The Labute approximate surface area is 99.4 Å². The highest BCUT2D eigenvalue weighted by Crippen LogP contribution is 2.15. The third-order valence-corrected chi connectivity index (χ3v) is 2.88. The van der Waals surface area contributed by atoms with Crippen molar-refractivity contribution in [1.82, 2.24) is 9.36 Å². The van der Waals surface area contributed by atoms with E-state index >= 15 is 0 Å². The van der Waals surface area contributed by atoms with Gasteiger partial charge in [0.25, 0.3) is 5.56 Å². The number of carbonyl (C=O) groups excluding carboxylic acids is 1. The minimum absolute atomic E-state index is 0.0279. The van der Waals surface area contributed by atoms with Gasteiger partial charge in [-0.05, 0) is 18.1 Å². The van der Waals surface area contributed by atoms with Crippen LogP contribution in [0.5, 0.6) is 0 Å². The molecule has 0 saturated carbocycles. The van der Waals surface area contributed by atoms with Gasteiger partial charge in [-0.2, -0.15) is 0 Å². The molecule has 1 heterocycles. The van der Waals surface area contributed by atoms with E-state index in [0.717, 1.165) is 6.29 Å². The Morgan fingerprint density at radius 3 is 2.65 bits per heavy atom. The number of fused-ring (bicyclic) bond motifs is 1. The van der Waals surface area contributed by atoms with Crippen molar-refractivity contribution in [3.8, 4) is 0 Å². The average molecular weight is 232 g/mol. The topological polar surface area (TPSA) is 44.0 Å². The van der Waals surface area contributed by atoms with Gasteiger partial charge >= 0.3 is 0 Å². The first-order valence-electron chi connectivity index (χ1n) is 5.70. The van der Waals surface area contributed by atoms with E-state index < -0.39 is 0 Å². The summed E-state index contributed by atoms with van der Waals surface area (Å²) in [6, 6.07) is 5.24. The summed E-state index contributed by atoms with van der Waals surface area (Å²) in [5, 5.41) is 0.609. The molecule has 0 aliphatic carbocycles. The van der Waals surface area contributed by atoms with Gasteiger partial charge in [-0.15, -0.1) is 0 Å². The van der Waals surface area contributed by atoms with Crippen LogP contribution in [0.1, 0.15) is 24.2 Å². The van der Waals surface area contributed by atoms with Gasteiger partial charge in [0.1, 0.15) is 0 Å². The van der Waals surface area contributed by atoms with Gasteiger partial charge in [0.15, 0.2) is 6.29 Å². The largest absolute Gasteiger partial charge is 0.298 e. The smallest absolute Gasteiger partial charge is 0.274 e. The number of para-hydroxylation sites is 1. The number of aryl methyl sites for hydroxylation is 1. The van der Waals surface area contributed by atoms with Crippen LogP contribution in [0.2, 0.25) is 0 Å². The fourth-order valence-corrected chi connectivity index (χ4v) is 2.14. The lowest BCUT2D eigenvalue weighted by Crippen LogP contribution is -2.23. The van der Waals surface area contributed by atoms with E-state index in [1.165, 1.54) is 0 Å². The van der Waals surface area contributed by atoms with Crippen molar-refractivity contribution in [1.29, 1.82) is 0 Å². The molecule has 0 bridgehead atoms. The van der Waals surface area contributed by atoms with E-state index in [-0.39, 0.29) is 5.56 Å². The lowest BCUT2D eigenvalue weighted by molar-refractivity contribution is 0.112. The van der Waals surface area contributed by atoms with Crippen LogP contribution >= 0.6 is 0 Å². The molecule has 2 rings (SSSR count). The van der Waals surface area contributed by atoms with E-state index in [2.05, 4.69) is 13.8 Å². The fourth-order valence-electron chi connectivity index (χ4n) is 2.14. The molecular weight excluding hydrogens is 216 g/mol. The van der Waals surface area contributed by atoms with Crippen molar-refractivity contribution in [3.05, 3.63) is 34.1 Å². The van der Waals surface area contributed by atoms with Gasteiger partial charge < -0.3 is 0 Å². The molecule has 17 heavy (non-hydrogen) atoms. The van der Waals surface area contributed by atoms with Gasteiger partial charge in [-0.3, -0.25) is 14.3 Å². The highest BCUT2D eigenvalue weighted by Gasteiger charge is 2.13. The molecule has 1 aromatic carbocycles. The summed E-state index contributed by atoms with van der Waals surface area (Å²) in [7, 11) is 1.82. The lowest BCUT2D eigenvalue weighted by atomic mass is 10.1. The van der Waals surface area contributed by atoms with Crippen molar-refractivity contribution in [2.75, 3.05) is 0 Å². The Bertz CT molecular complexity index is 620. The molecular formula is C13H16N2O2. The van der Waals surface area contributed by atoms with E-state index in [0.29, 0.717) is 28.9 Å². The molecule has 0 aliphatic heterocycles. The monoisotopic (exact) mass is 232 g/mol. The Morgan fingerprint density at radius 2 is 2.06 bits per heavy atom. The summed E-state index contributed by atoms with van der Waals surface area (Å²) in [5.74, 6) is 0.385. The Morgan fingerprint density at radius 1 is 1.35 bits per heavy atom. The number of nitrogens with zero attached hydrogens (tertiary/aromatic N) is 2. The number of benzene rings is 1. The number of aromatic nitrogens is 2. The first kappa shape index (κ1) is 11.6. The van der Waals surface area contributed by atoms with Gasteiger partial charge in [-0.1, -0.05) is 19.9 Å². The summed E-state index contributed by atoms with van der Waals surface area (Å²) >= 11 is 0. The second-order valence-corrected chi connectivity index (χ2v) is 4.67. The van der Waals surface area contributed by atoms with E-state index in [1.807, 2.05) is 7.05 Å². The quantitative estimate of drug-likeness (QED) is 0.757. The fraction of sp³-hybridized carbons (Fsp3) is 0.385. The summed E-state index contributed by atoms with van der Waals surface area (Å²) in [5.41, 5.74) is 1.25. The van der Waals surface area contributed by atoms with Crippen LogP contribution in [0.15, 0.2) is 23.0 Å². The molecule has 0 atom stereocenters. The molecule has 1 aromatic heterocycles. The molecule has 2 aromatic rings. The number of aldehydes is 1. The molecule has 4 heteroatoms. The number of hydrogen-bond acceptors (Lipinski definition) is 2. The molecule has 0 saturated heterocycles. The van der Waals surface area contributed by atoms with Crippen molar-refractivity contribution in [2.45, 2.75) is 20.4 Å². The number of carbonyl (C=O) groups is 1. The minimum Gasteiger partial charge on any atom is -0.298 e. The van der Waals surface area contributed by atoms with Gasteiger partial charge in [0, 0.05) is 19.2 Å². The Kier molecular flexibility index (Phi) is 2.88. The minimum atomic E-state index is -0.0279. The van der Waals surface area contributed by atoms with E-state index in [9.17, 15) is 9.59 Å². The molecule has 0 spiro atoms. The molecule has 4 nitrogen and oxygen atoms in total. The average Bonchev–Trinajstić information content (AvgIpc) is 2.54. The Balaban J connectivity index is 2.80. The SMILES string of the molecule is CC(C)Cn1c(=O)c2cccc(C=O)c2n1C. The summed E-state index contributed by atoms with van der Waals surface area (Å²) < 4.78 is 3.46.